The van der Waals surface area contributed by atoms with Crippen molar-refractivity contribution in [1.82, 2.24) is 9.29 Å². The van der Waals surface area contributed by atoms with Gasteiger partial charge >= 0.3 is 5.97 Å². The van der Waals surface area contributed by atoms with E-state index in [1.165, 1.54) is 28.6 Å². The molecule has 1 saturated carbocycles. The molecule has 0 spiro atoms. The zero-order valence-corrected chi connectivity index (χ0v) is 16.6. The van der Waals surface area contributed by atoms with Gasteiger partial charge in [-0.05, 0) is 43.2 Å². The number of hydrogen-bond donors (Lipinski definition) is 1. The minimum Gasteiger partial charge on any atom is -0.454 e. The number of carbonyl (C=O) groups excluding carboxylic acids is 2. The Balaban J connectivity index is 1.70. The summed E-state index contributed by atoms with van der Waals surface area (Å²) in [6, 6.07) is 8.99. The minimum atomic E-state index is -3.71. The zero-order chi connectivity index (χ0) is 20.1. The number of ether oxygens (including phenoxy) is 1. The third kappa shape index (κ3) is 4.51. The molecule has 1 aromatic heterocycles. The quantitative estimate of drug-likeness (QED) is 0.565. The van der Waals surface area contributed by atoms with E-state index >= 15 is 0 Å². The Labute approximate surface area is 164 Å². The van der Waals surface area contributed by atoms with Gasteiger partial charge in [-0.1, -0.05) is 25.3 Å². The molecule has 8 heteroatoms. The maximum absolute atomic E-state index is 12.9. The summed E-state index contributed by atoms with van der Waals surface area (Å²) < 4.78 is 32.3. The molecule has 0 radical (unpaired) electrons. The van der Waals surface area contributed by atoms with Gasteiger partial charge < -0.3 is 9.72 Å². The van der Waals surface area contributed by atoms with Gasteiger partial charge in [0.15, 0.2) is 6.61 Å². The fourth-order valence-electron chi connectivity index (χ4n) is 3.39. The van der Waals surface area contributed by atoms with E-state index in [0.29, 0.717) is 5.69 Å². The summed E-state index contributed by atoms with van der Waals surface area (Å²) in [5, 5.41) is 0. The van der Waals surface area contributed by atoms with Crippen molar-refractivity contribution in [2.75, 3.05) is 13.7 Å². The van der Waals surface area contributed by atoms with Crippen LogP contribution < -0.4 is 0 Å². The first kappa shape index (κ1) is 20.3. The second kappa shape index (κ2) is 8.70. The molecular formula is C20H24N2O5S. The van der Waals surface area contributed by atoms with E-state index in [-0.39, 0.29) is 22.3 Å². The van der Waals surface area contributed by atoms with Crippen molar-refractivity contribution in [1.29, 1.82) is 0 Å². The van der Waals surface area contributed by atoms with Gasteiger partial charge in [0.1, 0.15) is 0 Å². The third-order valence-corrected chi connectivity index (χ3v) is 6.97. The van der Waals surface area contributed by atoms with Crippen molar-refractivity contribution < 1.29 is 22.7 Å². The summed E-state index contributed by atoms with van der Waals surface area (Å²) in [7, 11) is -2.12. The number of aromatic amines is 1. The lowest BCUT2D eigenvalue weighted by atomic mass is 9.96. The molecule has 1 heterocycles. The van der Waals surface area contributed by atoms with Crippen molar-refractivity contribution in [3.63, 3.8) is 0 Å². The summed E-state index contributed by atoms with van der Waals surface area (Å²) in [5.41, 5.74) is 0.440. The minimum absolute atomic E-state index is 0.0206. The summed E-state index contributed by atoms with van der Waals surface area (Å²) >= 11 is 0. The number of nitrogens with one attached hydrogen (secondary N) is 1. The van der Waals surface area contributed by atoms with Gasteiger partial charge in [-0.25, -0.2) is 13.2 Å². The lowest BCUT2D eigenvalue weighted by Gasteiger charge is -2.30. The average Bonchev–Trinajstić information content (AvgIpc) is 3.27. The molecule has 7 nitrogen and oxygen atoms in total. The number of benzene rings is 1. The van der Waals surface area contributed by atoms with Crippen LogP contribution in [0.2, 0.25) is 0 Å². The maximum Gasteiger partial charge on any atom is 0.338 e. The fourth-order valence-corrected chi connectivity index (χ4v) is 4.85. The molecule has 0 unspecified atom stereocenters. The van der Waals surface area contributed by atoms with Gasteiger partial charge in [-0.3, -0.25) is 4.79 Å². The first-order valence-corrected chi connectivity index (χ1v) is 10.8. The lowest BCUT2D eigenvalue weighted by Crippen LogP contribution is -2.38. The van der Waals surface area contributed by atoms with Crippen molar-refractivity contribution in [3.05, 3.63) is 53.9 Å². The second-order valence-electron chi connectivity index (χ2n) is 6.92. The Kier molecular flexibility index (Phi) is 6.31. The first-order chi connectivity index (χ1) is 13.4. The molecule has 3 rings (SSSR count). The Morgan fingerprint density at radius 3 is 2.57 bits per heavy atom. The first-order valence-electron chi connectivity index (χ1n) is 9.31. The van der Waals surface area contributed by atoms with E-state index in [9.17, 15) is 18.0 Å². The monoisotopic (exact) mass is 404 g/mol. The van der Waals surface area contributed by atoms with Crippen LogP contribution in [-0.4, -0.2) is 49.2 Å². The number of rotatable bonds is 7. The summed E-state index contributed by atoms with van der Waals surface area (Å²) in [6.45, 7) is -0.418. The topological polar surface area (TPSA) is 96.5 Å². The van der Waals surface area contributed by atoms with E-state index < -0.39 is 22.6 Å². The van der Waals surface area contributed by atoms with Crippen LogP contribution in [-0.2, 0) is 14.8 Å². The molecule has 1 aliphatic carbocycles. The molecule has 1 aliphatic rings. The number of aromatic nitrogens is 1. The number of Topliss-reactive ketones (excluding diaryl/α,β-unsaturated/α-hetero) is 1. The summed E-state index contributed by atoms with van der Waals surface area (Å²) in [6.07, 6.45) is 6.47. The molecule has 2 aromatic rings. The highest BCUT2D eigenvalue weighted by Gasteiger charge is 2.29. The number of esters is 1. The Morgan fingerprint density at radius 1 is 1.14 bits per heavy atom. The van der Waals surface area contributed by atoms with E-state index in [4.69, 9.17) is 4.74 Å². The molecule has 1 aromatic carbocycles. The molecule has 0 aliphatic heterocycles. The predicted molar refractivity (Wildman–Crippen MR) is 104 cm³/mol. The molecule has 0 bridgehead atoms. The highest BCUT2D eigenvalue weighted by Crippen LogP contribution is 2.26. The second-order valence-corrected chi connectivity index (χ2v) is 8.92. The van der Waals surface area contributed by atoms with Gasteiger partial charge in [0, 0.05) is 19.3 Å². The van der Waals surface area contributed by atoms with E-state index in [1.807, 2.05) is 0 Å². The van der Waals surface area contributed by atoms with Crippen LogP contribution in [0.25, 0.3) is 0 Å². The number of nitrogens with zero attached hydrogens (tertiary/aromatic N) is 1. The highest BCUT2D eigenvalue weighted by molar-refractivity contribution is 7.89. The van der Waals surface area contributed by atoms with Gasteiger partial charge in [-0.2, -0.15) is 4.31 Å². The molecule has 1 N–H and O–H groups in total. The third-order valence-electron chi connectivity index (χ3n) is 5.07. The number of H-pyrrole nitrogens is 1. The van der Waals surface area contributed by atoms with Gasteiger partial charge in [0.25, 0.3) is 0 Å². The van der Waals surface area contributed by atoms with Crippen LogP contribution in [0.3, 0.4) is 0 Å². The Morgan fingerprint density at radius 2 is 1.89 bits per heavy atom. The molecule has 0 saturated heterocycles. The normalized spacial score (nSPS) is 15.5. The van der Waals surface area contributed by atoms with Crippen LogP contribution in [0.1, 0.15) is 53.0 Å². The summed E-state index contributed by atoms with van der Waals surface area (Å²) in [5.74, 6) is -1.10. The number of ketones is 1. The Hall–Kier alpha value is -2.45. The SMILES string of the molecule is CN(C1CCCCC1)S(=O)(=O)c1cccc(C(=O)OCC(=O)c2ccc[nH]2)c1. The van der Waals surface area contributed by atoms with E-state index in [0.717, 1.165) is 32.1 Å². The lowest BCUT2D eigenvalue weighted by molar-refractivity contribution is 0.0473. The molecule has 28 heavy (non-hydrogen) atoms. The molecular weight excluding hydrogens is 380 g/mol. The fraction of sp³-hybridized carbons (Fsp3) is 0.400. The number of sulfonamides is 1. The molecule has 0 amide bonds. The van der Waals surface area contributed by atoms with Crippen LogP contribution in [0.15, 0.2) is 47.5 Å². The number of carbonyl (C=O) groups is 2. The number of hydrogen-bond acceptors (Lipinski definition) is 5. The smallest absolute Gasteiger partial charge is 0.338 e. The predicted octanol–water partition coefficient (Wildman–Crippen LogP) is 3.01. The van der Waals surface area contributed by atoms with Gasteiger partial charge in [-0.15, -0.1) is 0 Å². The molecule has 150 valence electrons. The van der Waals surface area contributed by atoms with Crippen molar-refractivity contribution in [3.8, 4) is 0 Å². The van der Waals surface area contributed by atoms with Crippen LogP contribution in [0, 0.1) is 0 Å². The van der Waals surface area contributed by atoms with Crippen LogP contribution >= 0.6 is 0 Å². The van der Waals surface area contributed by atoms with E-state index in [2.05, 4.69) is 4.98 Å². The van der Waals surface area contributed by atoms with Crippen molar-refractivity contribution in [2.45, 2.75) is 43.0 Å². The van der Waals surface area contributed by atoms with Gasteiger partial charge in [0.2, 0.25) is 15.8 Å². The Bertz CT molecular complexity index is 931. The van der Waals surface area contributed by atoms with E-state index in [1.54, 1.807) is 25.4 Å². The standard InChI is InChI=1S/C20H24N2O5S/c1-22(16-8-3-2-4-9-16)28(25,26)17-10-5-7-15(13-17)20(24)27-14-19(23)18-11-6-12-21-18/h5-7,10-13,16,21H,2-4,8-9,14H2,1H3. The highest BCUT2D eigenvalue weighted by atomic mass is 32.2. The molecule has 0 atom stereocenters. The maximum atomic E-state index is 12.9. The van der Waals surface area contributed by atoms with Crippen molar-refractivity contribution in [2.24, 2.45) is 0 Å². The largest absolute Gasteiger partial charge is 0.454 e. The van der Waals surface area contributed by atoms with Crippen LogP contribution in [0.5, 0.6) is 0 Å². The van der Waals surface area contributed by atoms with Gasteiger partial charge in [0.05, 0.1) is 16.2 Å². The molecule has 1 fully saturated rings. The zero-order valence-electron chi connectivity index (χ0n) is 15.8. The summed E-state index contributed by atoms with van der Waals surface area (Å²) in [4.78, 5) is 27.0. The van der Waals surface area contributed by atoms with Crippen LogP contribution in [0.4, 0.5) is 0 Å². The average molecular weight is 404 g/mol. The van der Waals surface area contributed by atoms with Crippen molar-refractivity contribution >= 4 is 21.8 Å².